The molecule has 0 amide bonds. The molecule has 16 heavy (non-hydrogen) atoms. The average molecular weight is 213 g/mol. The largest absolute Gasteiger partial charge is 0.311 e. The normalized spacial score (nSPS) is 14.8. The lowest BCUT2D eigenvalue weighted by molar-refractivity contribution is 0.625. The first-order valence-electron chi connectivity index (χ1n) is 5.67. The summed E-state index contributed by atoms with van der Waals surface area (Å²) in [6, 6.07) is 10.5. The molecule has 0 unspecified atom stereocenters. The molecule has 1 N–H and O–H groups in total. The van der Waals surface area contributed by atoms with Crippen LogP contribution in [0, 0.1) is 0 Å². The van der Waals surface area contributed by atoms with E-state index in [1.165, 1.54) is 22.5 Å². The monoisotopic (exact) mass is 213 g/mol. The number of rotatable bonds is 1. The summed E-state index contributed by atoms with van der Waals surface area (Å²) in [6.45, 7) is 1.95. The lowest BCUT2D eigenvalue weighted by Gasteiger charge is -2.12. The molecule has 1 aliphatic heterocycles. The van der Waals surface area contributed by atoms with Crippen LogP contribution in [0.2, 0.25) is 0 Å². The SMILES string of the molecule is Cn1nc2c(c1-c1ccccc1)CCNC2. The van der Waals surface area contributed by atoms with Crippen LogP contribution in [-0.2, 0) is 20.0 Å². The molecule has 0 radical (unpaired) electrons. The summed E-state index contributed by atoms with van der Waals surface area (Å²) in [4.78, 5) is 0. The van der Waals surface area contributed by atoms with Crippen molar-refractivity contribution in [2.24, 2.45) is 7.05 Å². The molecule has 3 rings (SSSR count). The molecular formula is C13H15N3. The second-order valence-electron chi connectivity index (χ2n) is 4.19. The van der Waals surface area contributed by atoms with Crippen LogP contribution in [0.15, 0.2) is 30.3 Å². The molecule has 3 nitrogen and oxygen atoms in total. The van der Waals surface area contributed by atoms with Crippen LogP contribution >= 0.6 is 0 Å². The molecular weight excluding hydrogens is 198 g/mol. The van der Waals surface area contributed by atoms with Crippen molar-refractivity contribution < 1.29 is 0 Å². The molecule has 1 aromatic heterocycles. The van der Waals surface area contributed by atoms with Crippen LogP contribution in [0.3, 0.4) is 0 Å². The standard InChI is InChI=1S/C13H15N3/c1-16-13(10-5-3-2-4-6-10)11-7-8-14-9-12(11)15-16/h2-6,14H,7-9H2,1H3. The Bertz CT molecular complexity index is 499. The highest BCUT2D eigenvalue weighted by Crippen LogP contribution is 2.27. The molecule has 0 saturated heterocycles. The lowest BCUT2D eigenvalue weighted by Crippen LogP contribution is -2.23. The van der Waals surface area contributed by atoms with Crippen LogP contribution in [0.5, 0.6) is 0 Å². The van der Waals surface area contributed by atoms with Gasteiger partial charge in [-0.25, -0.2) is 0 Å². The quantitative estimate of drug-likeness (QED) is 0.782. The van der Waals surface area contributed by atoms with E-state index in [0.29, 0.717) is 0 Å². The van der Waals surface area contributed by atoms with Gasteiger partial charge >= 0.3 is 0 Å². The Kier molecular flexibility index (Phi) is 2.26. The highest BCUT2D eigenvalue weighted by atomic mass is 15.3. The first kappa shape index (κ1) is 9.60. The topological polar surface area (TPSA) is 29.9 Å². The number of hydrogen-bond donors (Lipinski definition) is 1. The molecule has 0 fully saturated rings. The van der Waals surface area contributed by atoms with Crippen molar-refractivity contribution in [2.45, 2.75) is 13.0 Å². The summed E-state index contributed by atoms with van der Waals surface area (Å²) in [5.41, 5.74) is 5.15. The third-order valence-electron chi connectivity index (χ3n) is 3.12. The molecule has 2 heterocycles. The highest BCUT2D eigenvalue weighted by Gasteiger charge is 2.19. The molecule has 1 aliphatic rings. The van der Waals surface area contributed by atoms with Crippen molar-refractivity contribution in [1.29, 1.82) is 0 Å². The van der Waals surface area contributed by atoms with Crippen molar-refractivity contribution >= 4 is 0 Å². The van der Waals surface area contributed by atoms with Gasteiger partial charge in [0.2, 0.25) is 0 Å². The molecule has 3 heteroatoms. The van der Waals surface area contributed by atoms with Gasteiger partial charge in [-0.05, 0) is 13.0 Å². The minimum atomic E-state index is 0.899. The molecule has 0 aliphatic carbocycles. The zero-order valence-corrected chi connectivity index (χ0v) is 9.40. The van der Waals surface area contributed by atoms with Crippen LogP contribution in [0.4, 0.5) is 0 Å². The van der Waals surface area contributed by atoms with Crippen LogP contribution in [-0.4, -0.2) is 16.3 Å². The Morgan fingerprint density at radius 3 is 2.88 bits per heavy atom. The van der Waals surface area contributed by atoms with Gasteiger partial charge in [-0.2, -0.15) is 5.10 Å². The van der Waals surface area contributed by atoms with Gasteiger partial charge in [0.25, 0.3) is 0 Å². The average Bonchev–Trinajstić information content (AvgIpc) is 2.66. The van der Waals surface area contributed by atoms with E-state index in [-0.39, 0.29) is 0 Å². The summed E-state index contributed by atoms with van der Waals surface area (Å²) in [7, 11) is 2.03. The number of nitrogens with one attached hydrogen (secondary N) is 1. The van der Waals surface area contributed by atoms with Crippen LogP contribution in [0.25, 0.3) is 11.3 Å². The van der Waals surface area contributed by atoms with Gasteiger partial charge in [-0.1, -0.05) is 30.3 Å². The Morgan fingerprint density at radius 1 is 1.25 bits per heavy atom. The highest BCUT2D eigenvalue weighted by molar-refractivity contribution is 5.65. The van der Waals surface area contributed by atoms with E-state index in [1.807, 2.05) is 17.8 Å². The summed E-state index contributed by atoms with van der Waals surface area (Å²) < 4.78 is 2.01. The second kappa shape index (κ2) is 3.76. The molecule has 0 atom stereocenters. The molecule has 2 aromatic rings. The van der Waals surface area contributed by atoms with E-state index < -0.39 is 0 Å². The minimum Gasteiger partial charge on any atom is -0.311 e. The molecule has 1 aromatic carbocycles. The van der Waals surface area contributed by atoms with E-state index in [1.54, 1.807) is 0 Å². The number of benzene rings is 1. The summed E-state index contributed by atoms with van der Waals surface area (Å²) >= 11 is 0. The van der Waals surface area contributed by atoms with Gasteiger partial charge in [0.05, 0.1) is 11.4 Å². The number of nitrogens with zero attached hydrogens (tertiary/aromatic N) is 2. The fourth-order valence-corrected chi connectivity index (χ4v) is 2.41. The molecule has 0 saturated carbocycles. The summed E-state index contributed by atoms with van der Waals surface area (Å²) in [5.74, 6) is 0. The zero-order chi connectivity index (χ0) is 11.0. The predicted molar refractivity (Wildman–Crippen MR) is 64.1 cm³/mol. The second-order valence-corrected chi connectivity index (χ2v) is 4.19. The van der Waals surface area contributed by atoms with Gasteiger partial charge in [-0.3, -0.25) is 4.68 Å². The Hall–Kier alpha value is -1.61. The van der Waals surface area contributed by atoms with Crippen LogP contribution in [0.1, 0.15) is 11.3 Å². The van der Waals surface area contributed by atoms with Crippen molar-refractivity contribution in [3.8, 4) is 11.3 Å². The molecule has 0 bridgehead atoms. The maximum absolute atomic E-state index is 4.58. The fraction of sp³-hybridized carbons (Fsp3) is 0.308. The minimum absolute atomic E-state index is 0.899. The third kappa shape index (κ3) is 1.44. The first-order valence-corrected chi connectivity index (χ1v) is 5.67. The Morgan fingerprint density at radius 2 is 2.06 bits per heavy atom. The maximum Gasteiger partial charge on any atom is 0.0801 e. The van der Waals surface area contributed by atoms with Gasteiger partial charge in [0, 0.05) is 24.7 Å². The van der Waals surface area contributed by atoms with Gasteiger partial charge in [-0.15, -0.1) is 0 Å². The Balaban J connectivity index is 2.17. The zero-order valence-electron chi connectivity index (χ0n) is 9.40. The number of aryl methyl sites for hydroxylation is 1. The van der Waals surface area contributed by atoms with Crippen LogP contribution < -0.4 is 5.32 Å². The van der Waals surface area contributed by atoms with E-state index in [4.69, 9.17) is 0 Å². The van der Waals surface area contributed by atoms with Crippen molar-refractivity contribution in [3.63, 3.8) is 0 Å². The van der Waals surface area contributed by atoms with Gasteiger partial charge in [0.15, 0.2) is 0 Å². The van der Waals surface area contributed by atoms with Gasteiger partial charge in [0.1, 0.15) is 0 Å². The van der Waals surface area contributed by atoms with E-state index in [0.717, 1.165) is 19.5 Å². The summed E-state index contributed by atoms with van der Waals surface area (Å²) in [6.07, 6.45) is 1.08. The van der Waals surface area contributed by atoms with Crippen molar-refractivity contribution in [2.75, 3.05) is 6.54 Å². The van der Waals surface area contributed by atoms with Crippen molar-refractivity contribution in [1.82, 2.24) is 15.1 Å². The van der Waals surface area contributed by atoms with E-state index in [2.05, 4.69) is 34.7 Å². The molecule has 82 valence electrons. The smallest absolute Gasteiger partial charge is 0.0801 e. The maximum atomic E-state index is 4.58. The lowest BCUT2D eigenvalue weighted by atomic mass is 10.0. The fourth-order valence-electron chi connectivity index (χ4n) is 2.41. The van der Waals surface area contributed by atoms with Gasteiger partial charge < -0.3 is 5.32 Å². The van der Waals surface area contributed by atoms with E-state index in [9.17, 15) is 0 Å². The first-order chi connectivity index (χ1) is 7.86. The molecule has 0 spiro atoms. The third-order valence-corrected chi connectivity index (χ3v) is 3.12. The van der Waals surface area contributed by atoms with E-state index >= 15 is 0 Å². The number of fused-ring (bicyclic) bond motifs is 1. The number of hydrogen-bond acceptors (Lipinski definition) is 2. The number of aromatic nitrogens is 2. The van der Waals surface area contributed by atoms with Crippen molar-refractivity contribution in [3.05, 3.63) is 41.6 Å². The Labute approximate surface area is 95.1 Å². The summed E-state index contributed by atoms with van der Waals surface area (Å²) in [5, 5.41) is 7.94. The predicted octanol–water partition coefficient (Wildman–Crippen LogP) is 1.73.